The third-order valence-electron chi connectivity index (χ3n) is 6.84. The van der Waals surface area contributed by atoms with E-state index in [-0.39, 0.29) is 37.6 Å². The van der Waals surface area contributed by atoms with Crippen molar-refractivity contribution in [1.82, 2.24) is 14.7 Å². The van der Waals surface area contributed by atoms with Gasteiger partial charge in [0, 0.05) is 30.9 Å². The molecular formula is C25H30N4O9S. The fraction of sp³-hybridized carbons (Fsp3) is 0.400. The van der Waals surface area contributed by atoms with Crippen molar-refractivity contribution in [1.29, 1.82) is 0 Å². The van der Waals surface area contributed by atoms with E-state index in [0.717, 1.165) is 4.31 Å². The molecule has 4 rings (SSSR count). The second-order valence-electron chi connectivity index (χ2n) is 9.16. The van der Waals surface area contributed by atoms with E-state index in [1.165, 1.54) is 43.4 Å². The van der Waals surface area contributed by atoms with Crippen LogP contribution in [0.5, 0.6) is 5.75 Å². The maximum atomic E-state index is 13.8. The summed E-state index contributed by atoms with van der Waals surface area (Å²) in [6.45, 7) is -0.0974. The van der Waals surface area contributed by atoms with Gasteiger partial charge in [0.05, 0.1) is 25.2 Å². The molecule has 2 heterocycles. The van der Waals surface area contributed by atoms with Gasteiger partial charge in [-0.25, -0.2) is 18.7 Å². The largest absolute Gasteiger partial charge is 0.497 e. The average Bonchev–Trinajstić information content (AvgIpc) is 3.21. The zero-order valence-electron chi connectivity index (χ0n) is 21.5. The van der Waals surface area contributed by atoms with Gasteiger partial charge in [-0.05, 0) is 61.4 Å². The number of hydrogen-bond donors (Lipinski definition) is 3. The van der Waals surface area contributed by atoms with Gasteiger partial charge in [0.15, 0.2) is 0 Å². The topological polar surface area (TPSA) is 164 Å². The van der Waals surface area contributed by atoms with E-state index in [2.05, 4.69) is 5.32 Å². The average molecular weight is 563 g/mol. The Morgan fingerprint density at radius 2 is 1.74 bits per heavy atom. The molecule has 2 unspecified atom stereocenters. The van der Waals surface area contributed by atoms with Gasteiger partial charge in [0.1, 0.15) is 17.9 Å². The van der Waals surface area contributed by atoms with E-state index in [1.54, 1.807) is 29.7 Å². The highest BCUT2D eigenvalue weighted by molar-refractivity contribution is 7.89. The molecule has 0 spiro atoms. The van der Waals surface area contributed by atoms with Crippen molar-refractivity contribution in [2.45, 2.75) is 29.3 Å². The summed E-state index contributed by atoms with van der Waals surface area (Å²) < 4.78 is 43.8. The molecule has 2 fully saturated rings. The molecule has 0 aliphatic carbocycles. The fourth-order valence-electron chi connectivity index (χ4n) is 4.96. The van der Waals surface area contributed by atoms with Gasteiger partial charge in [-0.1, -0.05) is 0 Å². The van der Waals surface area contributed by atoms with Crippen LogP contribution in [0.4, 0.5) is 10.5 Å². The standard InChI is InChI=1S/C25H30N4O9S/c1-36-13-14-38-24(32)28-15-19-11-12-25(16-28,23(31)27-33)29(19)39(34,35)21-9-5-18(6-10-21)26-22(30)17-3-7-20(37-2)8-4-17/h3-10,19,33H,11-16H2,1-2H3,(H,26,30)(H,27,31). The third-order valence-corrected chi connectivity index (χ3v) is 8.88. The van der Waals surface area contributed by atoms with Crippen LogP contribution in [-0.2, 0) is 24.3 Å². The van der Waals surface area contributed by atoms with E-state index in [9.17, 15) is 28.0 Å². The molecule has 0 saturated carbocycles. The van der Waals surface area contributed by atoms with E-state index in [4.69, 9.17) is 14.2 Å². The molecule has 3 N–H and O–H groups in total. The van der Waals surface area contributed by atoms with Crippen LogP contribution in [0.15, 0.2) is 53.4 Å². The van der Waals surface area contributed by atoms with Crippen LogP contribution in [0.3, 0.4) is 0 Å². The Balaban J connectivity index is 1.54. The number of fused-ring (bicyclic) bond motifs is 2. The van der Waals surface area contributed by atoms with Crippen LogP contribution in [0.1, 0.15) is 23.2 Å². The molecule has 2 aromatic carbocycles. The summed E-state index contributed by atoms with van der Waals surface area (Å²) in [5.41, 5.74) is 0.602. The van der Waals surface area contributed by atoms with Crippen molar-refractivity contribution in [3.05, 3.63) is 54.1 Å². The number of likely N-dealkylation sites (tertiary alicyclic amines) is 1. The molecule has 3 amide bonds. The molecule has 210 valence electrons. The summed E-state index contributed by atoms with van der Waals surface area (Å²) in [6, 6.07) is 11.3. The van der Waals surface area contributed by atoms with Crippen LogP contribution in [0.2, 0.25) is 0 Å². The molecular weight excluding hydrogens is 532 g/mol. The first-order valence-electron chi connectivity index (χ1n) is 12.1. The number of hydrogen-bond acceptors (Lipinski definition) is 9. The molecule has 2 aromatic rings. The van der Waals surface area contributed by atoms with E-state index in [1.807, 2.05) is 0 Å². The lowest BCUT2D eigenvalue weighted by Crippen LogP contribution is -2.69. The van der Waals surface area contributed by atoms with Gasteiger partial charge in [-0.2, -0.15) is 4.31 Å². The predicted molar refractivity (Wildman–Crippen MR) is 137 cm³/mol. The maximum absolute atomic E-state index is 13.8. The summed E-state index contributed by atoms with van der Waals surface area (Å²) in [7, 11) is -1.27. The molecule has 39 heavy (non-hydrogen) atoms. The van der Waals surface area contributed by atoms with Crippen molar-refractivity contribution in [3.8, 4) is 5.75 Å². The van der Waals surface area contributed by atoms with Gasteiger partial charge in [-0.15, -0.1) is 0 Å². The Morgan fingerprint density at radius 3 is 2.36 bits per heavy atom. The number of carbonyl (C=O) groups is 3. The van der Waals surface area contributed by atoms with Crippen molar-refractivity contribution in [2.75, 3.05) is 45.8 Å². The summed E-state index contributed by atoms with van der Waals surface area (Å²) in [5.74, 6) is -0.726. The molecule has 13 nitrogen and oxygen atoms in total. The number of sulfonamides is 1. The molecule has 0 radical (unpaired) electrons. The predicted octanol–water partition coefficient (Wildman–Crippen LogP) is 1.44. The van der Waals surface area contributed by atoms with Crippen LogP contribution >= 0.6 is 0 Å². The van der Waals surface area contributed by atoms with Gasteiger partial charge >= 0.3 is 6.09 Å². The van der Waals surface area contributed by atoms with Crippen LogP contribution in [-0.4, -0.2) is 92.8 Å². The number of nitrogens with zero attached hydrogens (tertiary/aromatic N) is 2. The number of anilines is 1. The summed E-state index contributed by atoms with van der Waals surface area (Å²) in [5, 5.41) is 12.2. The lowest BCUT2D eigenvalue weighted by molar-refractivity contribution is -0.141. The number of nitrogens with one attached hydrogen (secondary N) is 2. The van der Waals surface area contributed by atoms with Gasteiger partial charge in [0.2, 0.25) is 10.0 Å². The highest BCUT2D eigenvalue weighted by Crippen LogP contribution is 2.43. The third kappa shape index (κ3) is 5.54. The lowest BCUT2D eigenvalue weighted by atomic mass is 9.96. The number of amides is 3. The van der Waals surface area contributed by atoms with Crippen LogP contribution < -0.4 is 15.5 Å². The van der Waals surface area contributed by atoms with Gasteiger partial charge in [-0.3, -0.25) is 14.8 Å². The summed E-state index contributed by atoms with van der Waals surface area (Å²) in [4.78, 5) is 39.2. The van der Waals surface area contributed by atoms with E-state index in [0.29, 0.717) is 23.4 Å². The van der Waals surface area contributed by atoms with Crippen LogP contribution in [0.25, 0.3) is 0 Å². The minimum absolute atomic E-state index is 0.000931. The zero-order valence-corrected chi connectivity index (χ0v) is 22.3. The number of piperazine rings is 1. The molecule has 2 bridgehead atoms. The molecule has 2 saturated heterocycles. The number of carbonyl (C=O) groups excluding carboxylic acids is 3. The van der Waals surface area contributed by atoms with Crippen LogP contribution in [0, 0.1) is 0 Å². The number of methoxy groups -OCH3 is 2. The lowest BCUT2D eigenvalue weighted by Gasteiger charge is -2.45. The Morgan fingerprint density at radius 1 is 1.05 bits per heavy atom. The second kappa shape index (κ2) is 11.6. The maximum Gasteiger partial charge on any atom is 0.409 e. The quantitative estimate of drug-likeness (QED) is 0.233. The Kier molecular flexibility index (Phi) is 8.39. The fourth-order valence-corrected chi connectivity index (χ4v) is 6.92. The minimum Gasteiger partial charge on any atom is -0.497 e. The van der Waals surface area contributed by atoms with Crippen molar-refractivity contribution in [2.24, 2.45) is 0 Å². The number of benzene rings is 2. The highest BCUT2D eigenvalue weighted by atomic mass is 32.2. The molecule has 0 aromatic heterocycles. The highest BCUT2D eigenvalue weighted by Gasteiger charge is 2.61. The SMILES string of the molecule is COCCOC(=O)N1CC2CCC(C(=O)NO)(C1)N2S(=O)(=O)c1ccc(NC(=O)c2ccc(OC)cc2)cc1. The summed E-state index contributed by atoms with van der Waals surface area (Å²) >= 11 is 0. The first-order chi connectivity index (χ1) is 18.7. The van der Waals surface area contributed by atoms with Gasteiger partial charge in [0.25, 0.3) is 11.8 Å². The summed E-state index contributed by atoms with van der Waals surface area (Å²) in [6.07, 6.45) is -0.311. The minimum atomic E-state index is -4.25. The first kappa shape index (κ1) is 28.3. The van der Waals surface area contributed by atoms with E-state index >= 15 is 0 Å². The Bertz CT molecular complexity index is 1320. The Hall–Kier alpha value is -3.72. The van der Waals surface area contributed by atoms with Crippen molar-refractivity contribution in [3.63, 3.8) is 0 Å². The molecule has 2 aliphatic rings. The number of rotatable bonds is 9. The molecule has 2 aliphatic heterocycles. The van der Waals surface area contributed by atoms with E-state index < -0.39 is 39.5 Å². The smallest absolute Gasteiger partial charge is 0.409 e. The number of hydroxylamine groups is 1. The molecule has 2 atom stereocenters. The Labute approximate surface area is 225 Å². The molecule has 14 heteroatoms. The second-order valence-corrected chi connectivity index (χ2v) is 11.0. The first-order valence-corrected chi connectivity index (χ1v) is 13.6. The monoisotopic (exact) mass is 562 g/mol. The van der Waals surface area contributed by atoms with Crippen molar-refractivity contribution >= 4 is 33.6 Å². The van der Waals surface area contributed by atoms with Crippen molar-refractivity contribution < 1.29 is 42.2 Å². The normalized spacial score (nSPS) is 20.8. The zero-order chi connectivity index (χ0) is 28.2. The van der Waals surface area contributed by atoms with Gasteiger partial charge < -0.3 is 24.4 Å². The number of ether oxygens (including phenoxy) is 3.